The van der Waals surface area contributed by atoms with E-state index in [1.54, 1.807) is 12.3 Å². The lowest BCUT2D eigenvalue weighted by Crippen LogP contribution is -2.15. The zero-order valence-electron chi connectivity index (χ0n) is 12.1. The fourth-order valence-electron chi connectivity index (χ4n) is 2.19. The molecule has 1 aromatic heterocycles. The highest BCUT2D eigenvalue weighted by atomic mass is 35.5. The molecule has 1 atom stereocenters. The number of rotatable bonds is 8. The maximum atomic E-state index is 6.17. The molecule has 2 rings (SSSR count). The molecule has 0 saturated carbocycles. The predicted molar refractivity (Wildman–Crippen MR) is 86.8 cm³/mol. The Morgan fingerprint density at radius 1 is 1.29 bits per heavy atom. The minimum absolute atomic E-state index is 0.226. The molecule has 21 heavy (non-hydrogen) atoms. The van der Waals surface area contributed by atoms with Crippen molar-refractivity contribution in [1.82, 2.24) is 9.55 Å². The van der Waals surface area contributed by atoms with Crippen LogP contribution in [-0.2, 0) is 17.9 Å². The van der Waals surface area contributed by atoms with Crippen LogP contribution in [0.5, 0.6) is 0 Å². The highest BCUT2D eigenvalue weighted by molar-refractivity contribution is 6.35. The maximum absolute atomic E-state index is 6.17. The van der Waals surface area contributed by atoms with E-state index < -0.39 is 0 Å². The van der Waals surface area contributed by atoms with Crippen LogP contribution in [0.3, 0.4) is 0 Å². The summed E-state index contributed by atoms with van der Waals surface area (Å²) in [6, 6.07) is 5.51. The minimum Gasteiger partial charge on any atom is -0.373 e. The summed E-state index contributed by atoms with van der Waals surface area (Å²) in [6.45, 7) is 3.60. The number of hydrogen-bond acceptors (Lipinski definition) is 2. The molecular formula is C16H20Cl2N2O. The van der Waals surface area contributed by atoms with Crippen LogP contribution in [0.15, 0.2) is 36.9 Å². The molecule has 0 amide bonds. The molecule has 1 heterocycles. The molecule has 5 heteroatoms. The molecule has 0 bridgehead atoms. The third-order valence-corrected chi connectivity index (χ3v) is 3.96. The second kappa shape index (κ2) is 8.42. The number of imidazole rings is 1. The number of ether oxygens (including phenoxy) is 1. The monoisotopic (exact) mass is 326 g/mol. The Morgan fingerprint density at radius 2 is 2.14 bits per heavy atom. The first-order valence-corrected chi connectivity index (χ1v) is 7.96. The Balaban J connectivity index is 1.86. The van der Waals surface area contributed by atoms with Gasteiger partial charge in [-0.1, -0.05) is 42.6 Å². The van der Waals surface area contributed by atoms with Gasteiger partial charge in [0.2, 0.25) is 0 Å². The van der Waals surface area contributed by atoms with Crippen molar-refractivity contribution in [3.63, 3.8) is 0 Å². The standard InChI is InChI=1S/C16H20Cl2N2O/c1-2-3-15(6-8-20-9-7-19-12-20)21-11-13-4-5-14(17)10-16(13)18/h4-5,7,9-10,12,15H,2-3,6,8,11H2,1H3. The SMILES string of the molecule is CCCC(CCn1ccnc1)OCc1ccc(Cl)cc1Cl. The predicted octanol–water partition coefficient (Wildman–Crippen LogP) is 4.97. The number of benzene rings is 1. The molecular weight excluding hydrogens is 307 g/mol. The molecule has 0 fully saturated rings. The Bertz CT molecular complexity index is 543. The Hall–Kier alpha value is -1.03. The molecule has 0 aliphatic carbocycles. The van der Waals surface area contributed by atoms with Crippen molar-refractivity contribution >= 4 is 23.2 Å². The van der Waals surface area contributed by atoms with Crippen molar-refractivity contribution in [3.8, 4) is 0 Å². The maximum Gasteiger partial charge on any atom is 0.0945 e. The number of nitrogens with zero attached hydrogens (tertiary/aromatic N) is 2. The van der Waals surface area contributed by atoms with E-state index in [0.29, 0.717) is 16.7 Å². The average Bonchev–Trinajstić information content (AvgIpc) is 2.96. The smallest absolute Gasteiger partial charge is 0.0945 e. The van der Waals surface area contributed by atoms with Gasteiger partial charge in [-0.15, -0.1) is 0 Å². The summed E-state index contributed by atoms with van der Waals surface area (Å²) >= 11 is 12.1. The number of aryl methyl sites for hydroxylation is 1. The molecule has 0 N–H and O–H groups in total. The van der Waals surface area contributed by atoms with Crippen molar-refractivity contribution in [1.29, 1.82) is 0 Å². The summed E-state index contributed by atoms with van der Waals surface area (Å²) in [5.74, 6) is 0. The van der Waals surface area contributed by atoms with Gasteiger partial charge in [0.25, 0.3) is 0 Å². The second-order valence-electron chi connectivity index (χ2n) is 5.05. The normalized spacial score (nSPS) is 12.5. The number of hydrogen-bond donors (Lipinski definition) is 0. The fourth-order valence-corrected chi connectivity index (χ4v) is 2.65. The van der Waals surface area contributed by atoms with Gasteiger partial charge >= 0.3 is 0 Å². The van der Waals surface area contributed by atoms with Gasteiger partial charge in [0, 0.05) is 29.0 Å². The zero-order valence-corrected chi connectivity index (χ0v) is 13.6. The van der Waals surface area contributed by atoms with Crippen molar-refractivity contribution in [2.45, 2.75) is 45.4 Å². The van der Waals surface area contributed by atoms with Gasteiger partial charge in [-0.05, 0) is 30.5 Å². The highest BCUT2D eigenvalue weighted by Crippen LogP contribution is 2.22. The molecule has 0 radical (unpaired) electrons. The first-order chi connectivity index (χ1) is 10.2. The van der Waals surface area contributed by atoms with Crippen LogP contribution in [0.25, 0.3) is 0 Å². The Morgan fingerprint density at radius 3 is 2.81 bits per heavy atom. The van der Waals surface area contributed by atoms with Gasteiger partial charge in [0.05, 0.1) is 19.0 Å². The lowest BCUT2D eigenvalue weighted by molar-refractivity contribution is 0.0263. The van der Waals surface area contributed by atoms with Gasteiger partial charge in [0.1, 0.15) is 0 Å². The summed E-state index contributed by atoms with van der Waals surface area (Å²) in [4.78, 5) is 4.05. The van der Waals surface area contributed by atoms with Crippen molar-refractivity contribution in [3.05, 3.63) is 52.5 Å². The number of aromatic nitrogens is 2. The fraction of sp³-hybridized carbons (Fsp3) is 0.438. The van der Waals surface area contributed by atoms with Crippen molar-refractivity contribution < 1.29 is 4.74 Å². The van der Waals surface area contributed by atoms with E-state index >= 15 is 0 Å². The summed E-state index contributed by atoms with van der Waals surface area (Å²) in [7, 11) is 0. The van der Waals surface area contributed by atoms with E-state index in [4.69, 9.17) is 27.9 Å². The molecule has 2 aromatic rings. The van der Waals surface area contributed by atoms with E-state index in [9.17, 15) is 0 Å². The van der Waals surface area contributed by atoms with Crippen molar-refractivity contribution in [2.24, 2.45) is 0 Å². The van der Waals surface area contributed by atoms with Gasteiger partial charge < -0.3 is 9.30 Å². The molecule has 0 aliphatic rings. The minimum atomic E-state index is 0.226. The third kappa shape index (κ3) is 5.34. The summed E-state index contributed by atoms with van der Waals surface area (Å²) in [5.41, 5.74) is 0.977. The van der Waals surface area contributed by atoms with Crippen molar-refractivity contribution in [2.75, 3.05) is 0 Å². The number of halogens is 2. The largest absolute Gasteiger partial charge is 0.373 e. The van der Waals surface area contributed by atoms with Gasteiger partial charge in [-0.25, -0.2) is 4.98 Å². The zero-order chi connectivity index (χ0) is 15.1. The van der Waals surface area contributed by atoms with Crippen LogP contribution < -0.4 is 0 Å². The summed E-state index contributed by atoms with van der Waals surface area (Å²) in [5, 5.41) is 1.31. The molecule has 0 aliphatic heterocycles. The van der Waals surface area contributed by atoms with Gasteiger partial charge in [0.15, 0.2) is 0 Å². The molecule has 114 valence electrons. The summed E-state index contributed by atoms with van der Waals surface area (Å²) < 4.78 is 8.10. The summed E-state index contributed by atoms with van der Waals surface area (Å²) in [6.07, 6.45) is 8.93. The van der Waals surface area contributed by atoms with Gasteiger partial charge in [-0.2, -0.15) is 0 Å². The van der Waals surface area contributed by atoms with Crippen LogP contribution in [0.2, 0.25) is 10.0 Å². The molecule has 1 unspecified atom stereocenters. The first-order valence-electron chi connectivity index (χ1n) is 7.20. The van der Waals surface area contributed by atoms with E-state index in [-0.39, 0.29) is 6.10 Å². The molecule has 3 nitrogen and oxygen atoms in total. The van der Waals surface area contributed by atoms with E-state index in [1.807, 2.05) is 24.7 Å². The second-order valence-corrected chi connectivity index (χ2v) is 5.89. The van der Waals surface area contributed by atoms with E-state index in [2.05, 4.69) is 16.5 Å². The van der Waals surface area contributed by atoms with Gasteiger partial charge in [-0.3, -0.25) is 0 Å². The molecule has 1 aromatic carbocycles. The lowest BCUT2D eigenvalue weighted by Gasteiger charge is -2.18. The van der Waals surface area contributed by atoms with Crippen LogP contribution in [0.4, 0.5) is 0 Å². The van der Waals surface area contributed by atoms with Crippen LogP contribution in [0.1, 0.15) is 31.7 Å². The highest BCUT2D eigenvalue weighted by Gasteiger charge is 2.10. The van der Waals surface area contributed by atoms with Crippen LogP contribution in [0, 0.1) is 0 Å². The lowest BCUT2D eigenvalue weighted by atomic mass is 10.1. The average molecular weight is 327 g/mol. The van der Waals surface area contributed by atoms with E-state index in [1.165, 1.54) is 0 Å². The van der Waals surface area contributed by atoms with E-state index in [0.717, 1.165) is 31.4 Å². The van der Waals surface area contributed by atoms with Crippen LogP contribution >= 0.6 is 23.2 Å². The quantitative estimate of drug-likeness (QED) is 0.685. The first kappa shape index (κ1) is 16.3. The Kier molecular flexibility index (Phi) is 6.55. The third-order valence-electron chi connectivity index (χ3n) is 3.37. The topological polar surface area (TPSA) is 27.1 Å². The Labute approximate surface area is 135 Å². The molecule has 0 spiro atoms. The van der Waals surface area contributed by atoms with Crippen LogP contribution in [-0.4, -0.2) is 15.7 Å². The molecule has 0 saturated heterocycles.